The van der Waals surface area contributed by atoms with Crippen molar-refractivity contribution in [1.29, 1.82) is 5.26 Å². The number of hydrogen-bond donors (Lipinski definition) is 3. The van der Waals surface area contributed by atoms with Gasteiger partial charge in [0.2, 0.25) is 5.91 Å². The van der Waals surface area contributed by atoms with Crippen LogP contribution in [0.15, 0.2) is 101 Å². The number of dihydropyridines is 1. The number of nitriles is 1. The van der Waals surface area contributed by atoms with Gasteiger partial charge in [-0.1, -0.05) is 59.8 Å². The number of halogens is 2. The van der Waals surface area contributed by atoms with E-state index in [0.717, 1.165) is 11.8 Å². The highest BCUT2D eigenvalue weighted by Crippen LogP contribution is 2.43. The summed E-state index contributed by atoms with van der Waals surface area (Å²) in [6, 6.07) is 23.8. The summed E-state index contributed by atoms with van der Waals surface area (Å²) >= 11 is 7.67. The first-order valence-electron chi connectivity index (χ1n) is 11.3. The van der Waals surface area contributed by atoms with Crippen molar-refractivity contribution in [2.45, 2.75) is 12.8 Å². The number of carbonyl (C=O) groups excluding carboxylic acids is 2. The molecule has 6 nitrogen and oxygen atoms in total. The monoisotopic (exact) mass is 532 g/mol. The summed E-state index contributed by atoms with van der Waals surface area (Å²) in [5, 5.41) is 19.8. The highest BCUT2D eigenvalue weighted by Gasteiger charge is 2.35. The zero-order valence-electron chi connectivity index (χ0n) is 19.7. The molecule has 0 saturated carbocycles. The van der Waals surface area contributed by atoms with Gasteiger partial charge in [0.1, 0.15) is 5.82 Å². The molecule has 0 bridgehead atoms. The number of allylic oxidation sites excluding steroid dienone is 2. The number of anilines is 2. The lowest BCUT2D eigenvalue weighted by Crippen LogP contribution is -2.31. The molecule has 186 valence electrons. The lowest BCUT2D eigenvalue weighted by molar-refractivity contribution is -0.114. The molecular formula is C28H22ClFN4O2S. The molecule has 9 heteroatoms. The van der Waals surface area contributed by atoms with Crippen LogP contribution >= 0.6 is 23.4 Å². The largest absolute Gasteiger partial charge is 0.353 e. The Kier molecular flexibility index (Phi) is 8.29. The quantitative estimate of drug-likeness (QED) is 0.337. The molecule has 1 heterocycles. The number of para-hydroxylation sites is 1. The number of rotatable bonds is 7. The van der Waals surface area contributed by atoms with Crippen molar-refractivity contribution in [3.05, 3.63) is 117 Å². The van der Waals surface area contributed by atoms with Gasteiger partial charge in [-0.15, -0.1) is 0 Å². The van der Waals surface area contributed by atoms with Crippen molar-refractivity contribution in [3.63, 3.8) is 0 Å². The van der Waals surface area contributed by atoms with Crippen molar-refractivity contribution >= 4 is 46.6 Å². The second-order valence-corrected chi connectivity index (χ2v) is 9.53. The smallest absolute Gasteiger partial charge is 0.254 e. The Morgan fingerprint density at radius 1 is 1.00 bits per heavy atom. The van der Waals surface area contributed by atoms with Crippen LogP contribution in [0.1, 0.15) is 18.4 Å². The number of nitrogens with zero attached hydrogens (tertiary/aromatic N) is 1. The van der Waals surface area contributed by atoms with E-state index in [1.54, 1.807) is 43.3 Å². The van der Waals surface area contributed by atoms with Crippen LogP contribution in [-0.4, -0.2) is 17.6 Å². The first-order chi connectivity index (χ1) is 17.9. The Morgan fingerprint density at radius 3 is 2.32 bits per heavy atom. The minimum atomic E-state index is -0.744. The maximum Gasteiger partial charge on any atom is 0.254 e. The predicted molar refractivity (Wildman–Crippen MR) is 145 cm³/mol. The molecule has 37 heavy (non-hydrogen) atoms. The van der Waals surface area contributed by atoms with Crippen LogP contribution in [0, 0.1) is 17.1 Å². The molecule has 0 unspecified atom stereocenters. The van der Waals surface area contributed by atoms with Crippen molar-refractivity contribution in [2.75, 3.05) is 16.4 Å². The SMILES string of the molecule is CC1=C(C(=O)Nc2ccccc2)[C@@H](c2ccccc2Cl)C(C#N)=C(SCC(=O)Nc2ccc(F)cc2)N1. The Balaban J connectivity index is 1.63. The third kappa shape index (κ3) is 6.20. The Hall–Kier alpha value is -4.06. The van der Waals surface area contributed by atoms with Gasteiger partial charge in [-0.05, 0) is 55.0 Å². The lowest BCUT2D eigenvalue weighted by atomic mass is 9.82. The summed E-state index contributed by atoms with van der Waals surface area (Å²) in [5.41, 5.74) is 2.85. The van der Waals surface area contributed by atoms with E-state index in [1.807, 2.05) is 18.2 Å². The molecule has 0 aliphatic carbocycles. The van der Waals surface area contributed by atoms with E-state index in [4.69, 9.17) is 11.6 Å². The summed E-state index contributed by atoms with van der Waals surface area (Å²) < 4.78 is 13.1. The molecule has 3 aromatic rings. The lowest BCUT2D eigenvalue weighted by Gasteiger charge is -2.30. The van der Waals surface area contributed by atoms with Crippen molar-refractivity contribution in [3.8, 4) is 6.07 Å². The van der Waals surface area contributed by atoms with Crippen LogP contribution in [0.4, 0.5) is 15.8 Å². The number of carbonyl (C=O) groups is 2. The van der Waals surface area contributed by atoms with Gasteiger partial charge in [0.15, 0.2) is 0 Å². The third-order valence-electron chi connectivity index (χ3n) is 5.62. The van der Waals surface area contributed by atoms with Crippen LogP contribution in [0.3, 0.4) is 0 Å². The molecular weight excluding hydrogens is 511 g/mol. The third-order valence-corrected chi connectivity index (χ3v) is 6.98. The normalized spacial score (nSPS) is 15.0. The number of benzene rings is 3. The summed E-state index contributed by atoms with van der Waals surface area (Å²) in [6.45, 7) is 1.75. The Labute approximate surface area is 223 Å². The maximum atomic E-state index is 13.5. The molecule has 1 atom stereocenters. The zero-order chi connectivity index (χ0) is 26.4. The van der Waals surface area contributed by atoms with Crippen LogP contribution in [0.25, 0.3) is 0 Å². The topological polar surface area (TPSA) is 94.0 Å². The number of hydrogen-bond acceptors (Lipinski definition) is 5. The average molecular weight is 533 g/mol. The summed E-state index contributed by atoms with van der Waals surface area (Å²) in [4.78, 5) is 26.0. The standard InChI is InChI=1S/C28H22ClFN4O2S/c1-17-25(27(36)34-19-7-3-2-4-8-19)26(21-9-5-6-10-23(21)29)22(15-31)28(32-17)37-16-24(35)33-20-13-11-18(30)12-14-20/h2-14,26,32H,16H2,1H3,(H,33,35)(H,34,36)/t26-/m0/s1. The van der Waals surface area contributed by atoms with Crippen LogP contribution in [-0.2, 0) is 9.59 Å². The molecule has 2 amide bonds. The van der Waals surface area contributed by atoms with E-state index in [0.29, 0.717) is 38.3 Å². The molecule has 1 aliphatic rings. The van der Waals surface area contributed by atoms with E-state index in [2.05, 4.69) is 22.0 Å². The minimum absolute atomic E-state index is 0.0149. The van der Waals surface area contributed by atoms with E-state index in [9.17, 15) is 19.2 Å². The van der Waals surface area contributed by atoms with Gasteiger partial charge < -0.3 is 16.0 Å². The first-order valence-corrected chi connectivity index (χ1v) is 12.6. The van der Waals surface area contributed by atoms with Gasteiger partial charge in [-0.25, -0.2) is 4.39 Å². The van der Waals surface area contributed by atoms with Gasteiger partial charge in [0.25, 0.3) is 5.91 Å². The average Bonchev–Trinajstić information content (AvgIpc) is 2.89. The van der Waals surface area contributed by atoms with Crippen LogP contribution in [0.2, 0.25) is 5.02 Å². The molecule has 3 N–H and O–H groups in total. The highest BCUT2D eigenvalue weighted by atomic mass is 35.5. The van der Waals surface area contributed by atoms with Crippen LogP contribution < -0.4 is 16.0 Å². The number of nitrogens with one attached hydrogen (secondary N) is 3. The summed E-state index contributed by atoms with van der Waals surface area (Å²) in [6.07, 6.45) is 0. The fourth-order valence-corrected chi connectivity index (χ4v) is 5.07. The van der Waals surface area contributed by atoms with Crippen molar-refractivity contribution in [1.82, 2.24) is 5.32 Å². The van der Waals surface area contributed by atoms with Gasteiger partial charge in [-0.2, -0.15) is 5.26 Å². The molecule has 0 radical (unpaired) electrons. The molecule has 4 rings (SSSR count). The molecule has 3 aromatic carbocycles. The second kappa shape index (κ2) is 11.8. The summed E-state index contributed by atoms with van der Waals surface area (Å²) in [5.74, 6) is -1.86. The molecule has 0 fully saturated rings. The van der Waals surface area contributed by atoms with Crippen molar-refractivity contribution < 1.29 is 14.0 Å². The van der Waals surface area contributed by atoms with E-state index >= 15 is 0 Å². The molecule has 1 aliphatic heterocycles. The highest BCUT2D eigenvalue weighted by molar-refractivity contribution is 8.03. The van der Waals surface area contributed by atoms with Crippen molar-refractivity contribution in [2.24, 2.45) is 0 Å². The molecule has 0 saturated heterocycles. The van der Waals surface area contributed by atoms with Gasteiger partial charge >= 0.3 is 0 Å². The van der Waals surface area contributed by atoms with E-state index in [-0.39, 0.29) is 23.1 Å². The predicted octanol–water partition coefficient (Wildman–Crippen LogP) is 6.19. The summed E-state index contributed by atoms with van der Waals surface area (Å²) in [7, 11) is 0. The first kappa shape index (κ1) is 26.0. The second-order valence-electron chi connectivity index (χ2n) is 8.14. The van der Waals surface area contributed by atoms with Gasteiger partial charge in [-0.3, -0.25) is 9.59 Å². The Bertz CT molecular complexity index is 1430. The van der Waals surface area contributed by atoms with Gasteiger partial charge in [0.05, 0.1) is 28.3 Å². The van der Waals surface area contributed by atoms with Gasteiger partial charge in [0, 0.05) is 27.7 Å². The fraction of sp³-hybridized carbons (Fsp3) is 0.107. The zero-order valence-corrected chi connectivity index (χ0v) is 21.3. The number of amides is 2. The van der Waals surface area contributed by atoms with E-state index < -0.39 is 11.7 Å². The maximum absolute atomic E-state index is 13.5. The minimum Gasteiger partial charge on any atom is -0.353 e. The van der Waals surface area contributed by atoms with Crippen LogP contribution in [0.5, 0.6) is 0 Å². The molecule has 0 aromatic heterocycles. The number of thioether (sulfide) groups is 1. The Morgan fingerprint density at radius 2 is 1.65 bits per heavy atom. The van der Waals surface area contributed by atoms with E-state index in [1.165, 1.54) is 24.3 Å². The molecule has 0 spiro atoms. The fourth-order valence-electron chi connectivity index (χ4n) is 3.94.